The molecule has 0 aliphatic heterocycles. The molecule has 4 N–H and O–H groups in total. The largest absolute Gasteiger partial charge is 0.349 e. The van der Waals surface area contributed by atoms with Gasteiger partial charge >= 0.3 is 0 Å². The van der Waals surface area contributed by atoms with Gasteiger partial charge in [-0.25, -0.2) is 13.6 Å². The van der Waals surface area contributed by atoms with E-state index in [0.29, 0.717) is 22.6 Å². The van der Waals surface area contributed by atoms with Crippen molar-refractivity contribution in [2.75, 3.05) is 0 Å². The third-order valence-corrected chi connectivity index (χ3v) is 9.63. The van der Waals surface area contributed by atoms with Gasteiger partial charge in [-0.15, -0.1) is 11.3 Å². The molecule has 1 heterocycles. The van der Waals surface area contributed by atoms with E-state index in [0.717, 1.165) is 30.6 Å². The quantitative estimate of drug-likeness (QED) is 0.587. The summed E-state index contributed by atoms with van der Waals surface area (Å²) in [6.45, 7) is 4.05. The fourth-order valence-corrected chi connectivity index (χ4v) is 7.83. The van der Waals surface area contributed by atoms with E-state index in [4.69, 9.17) is 5.14 Å². The number of carbonyl (C=O) groups is 2. The smallest absolute Gasteiger partial charge is 0.247 e. The van der Waals surface area contributed by atoms with Gasteiger partial charge in [0.25, 0.3) is 0 Å². The van der Waals surface area contributed by atoms with E-state index < -0.39 is 16.1 Å². The van der Waals surface area contributed by atoms with Crippen LogP contribution in [-0.4, -0.2) is 26.3 Å². The van der Waals surface area contributed by atoms with E-state index in [-0.39, 0.29) is 33.9 Å². The second-order valence-corrected chi connectivity index (χ2v) is 12.8. The van der Waals surface area contributed by atoms with Gasteiger partial charge in [0.15, 0.2) is 0 Å². The molecule has 0 saturated heterocycles. The molecule has 0 radical (unpaired) electrons. The monoisotopic (exact) mass is 453 g/mol. The summed E-state index contributed by atoms with van der Waals surface area (Å²) in [5.74, 6) is 1.75. The van der Waals surface area contributed by atoms with Gasteiger partial charge in [0.05, 0.1) is 6.54 Å². The zero-order valence-corrected chi connectivity index (χ0v) is 19.2. The number of primary sulfonamides is 1. The standard InChI is InChI=1S/C21H31N3O4S2/c1-12(2)18(19(25)23-11-16-3-4-17(29-16)30(22,27)28)24-20(26)21-8-13-5-14(9-21)7-15(6-13)10-21/h3-4,12-15,18H,5-11H2,1-2H3,(H,23,25)(H,24,26)(H2,22,27,28)/t13?,14?,15?,18-,21?/m0/s1. The Bertz CT molecular complexity index is 903. The molecule has 166 valence electrons. The van der Waals surface area contributed by atoms with Gasteiger partial charge in [-0.3, -0.25) is 9.59 Å². The Hall–Kier alpha value is -1.45. The highest BCUT2D eigenvalue weighted by molar-refractivity contribution is 7.91. The minimum atomic E-state index is -3.74. The lowest BCUT2D eigenvalue weighted by Crippen LogP contribution is -2.58. The molecule has 4 aliphatic carbocycles. The first-order valence-corrected chi connectivity index (χ1v) is 13.1. The van der Waals surface area contributed by atoms with Crippen LogP contribution in [0, 0.1) is 29.1 Å². The first kappa shape index (κ1) is 21.8. The molecule has 1 atom stereocenters. The number of amides is 2. The van der Waals surface area contributed by atoms with Crippen LogP contribution in [0.5, 0.6) is 0 Å². The number of hydrogen-bond donors (Lipinski definition) is 3. The third-order valence-electron chi connectivity index (χ3n) is 7.11. The van der Waals surface area contributed by atoms with Crippen molar-refractivity contribution in [1.82, 2.24) is 10.6 Å². The zero-order valence-electron chi connectivity index (χ0n) is 17.5. The van der Waals surface area contributed by atoms with Gasteiger partial charge < -0.3 is 10.6 Å². The molecule has 0 unspecified atom stereocenters. The Balaban J connectivity index is 1.39. The molecule has 1 aromatic rings. The minimum Gasteiger partial charge on any atom is -0.349 e. The second-order valence-electron chi connectivity index (χ2n) is 9.88. The molecular formula is C21H31N3O4S2. The first-order valence-electron chi connectivity index (χ1n) is 10.8. The molecule has 2 amide bonds. The fraction of sp³-hybridized carbons (Fsp3) is 0.714. The average Bonchev–Trinajstić information content (AvgIpc) is 3.12. The minimum absolute atomic E-state index is 0.0445. The number of rotatable bonds is 7. The highest BCUT2D eigenvalue weighted by Crippen LogP contribution is 2.60. The van der Waals surface area contributed by atoms with E-state index in [1.807, 2.05) is 13.8 Å². The summed E-state index contributed by atoms with van der Waals surface area (Å²) in [7, 11) is -3.74. The Labute approximate surface area is 182 Å². The van der Waals surface area contributed by atoms with Gasteiger partial charge in [-0.05, 0) is 74.3 Å². The van der Waals surface area contributed by atoms with E-state index in [1.54, 1.807) is 6.07 Å². The van der Waals surface area contributed by atoms with Crippen LogP contribution in [0.2, 0.25) is 0 Å². The van der Waals surface area contributed by atoms with Crippen LogP contribution in [0.4, 0.5) is 0 Å². The molecule has 9 heteroatoms. The predicted molar refractivity (Wildman–Crippen MR) is 115 cm³/mol. The van der Waals surface area contributed by atoms with Crippen molar-refractivity contribution < 1.29 is 18.0 Å². The summed E-state index contributed by atoms with van der Waals surface area (Å²) in [6, 6.07) is 2.47. The molecule has 4 fully saturated rings. The summed E-state index contributed by atoms with van der Waals surface area (Å²) >= 11 is 1.04. The molecule has 1 aromatic heterocycles. The van der Waals surface area contributed by atoms with Crippen LogP contribution >= 0.6 is 11.3 Å². The SMILES string of the molecule is CC(C)[C@H](NC(=O)C12CC3CC(CC(C3)C1)C2)C(=O)NCc1ccc(S(N)(=O)=O)s1. The number of carbonyl (C=O) groups excluding carboxylic acids is 2. The summed E-state index contributed by atoms with van der Waals surface area (Å²) in [5.41, 5.74) is -0.291. The summed E-state index contributed by atoms with van der Waals surface area (Å²) in [6.07, 6.45) is 6.68. The second kappa shape index (κ2) is 7.91. The molecule has 0 aromatic carbocycles. The van der Waals surface area contributed by atoms with E-state index in [2.05, 4.69) is 10.6 Å². The Morgan fingerprint density at radius 2 is 1.70 bits per heavy atom. The normalized spacial score (nSPS) is 31.0. The number of nitrogens with two attached hydrogens (primary N) is 1. The highest BCUT2D eigenvalue weighted by atomic mass is 32.2. The maximum atomic E-state index is 13.3. The molecule has 4 saturated carbocycles. The van der Waals surface area contributed by atoms with Gasteiger partial charge in [0, 0.05) is 10.3 Å². The lowest BCUT2D eigenvalue weighted by molar-refractivity contribution is -0.149. The number of nitrogens with one attached hydrogen (secondary N) is 2. The van der Waals surface area contributed by atoms with Crippen LogP contribution in [-0.2, 0) is 26.2 Å². The number of hydrogen-bond acceptors (Lipinski definition) is 5. The third kappa shape index (κ3) is 4.29. The van der Waals surface area contributed by atoms with Gasteiger partial charge in [-0.2, -0.15) is 0 Å². The Morgan fingerprint density at radius 1 is 1.13 bits per heavy atom. The van der Waals surface area contributed by atoms with E-state index in [9.17, 15) is 18.0 Å². The first-order chi connectivity index (χ1) is 14.1. The fourth-order valence-electron chi connectivity index (χ4n) is 6.11. The van der Waals surface area contributed by atoms with Gasteiger partial charge in [0.2, 0.25) is 21.8 Å². The van der Waals surface area contributed by atoms with Crippen LogP contribution in [0.15, 0.2) is 16.3 Å². The summed E-state index contributed by atoms with van der Waals surface area (Å²) in [4.78, 5) is 26.9. The molecule has 4 bridgehead atoms. The van der Waals surface area contributed by atoms with Crippen molar-refractivity contribution in [1.29, 1.82) is 0 Å². The maximum Gasteiger partial charge on any atom is 0.247 e. The van der Waals surface area contributed by atoms with Crippen LogP contribution in [0.1, 0.15) is 57.2 Å². The van der Waals surface area contributed by atoms with Crippen molar-refractivity contribution >= 4 is 33.2 Å². The maximum absolute atomic E-state index is 13.3. The van der Waals surface area contributed by atoms with Gasteiger partial charge in [0.1, 0.15) is 10.3 Å². The molecule has 30 heavy (non-hydrogen) atoms. The Kier molecular flexibility index (Phi) is 5.74. The molecule has 5 rings (SSSR count). The average molecular weight is 454 g/mol. The van der Waals surface area contributed by atoms with Gasteiger partial charge in [-0.1, -0.05) is 13.8 Å². The Morgan fingerprint density at radius 3 is 2.17 bits per heavy atom. The van der Waals surface area contributed by atoms with E-state index >= 15 is 0 Å². The van der Waals surface area contributed by atoms with Crippen molar-refractivity contribution in [2.45, 2.75) is 69.2 Å². The van der Waals surface area contributed by atoms with Crippen LogP contribution in [0.25, 0.3) is 0 Å². The lowest BCUT2D eigenvalue weighted by atomic mass is 9.49. The topological polar surface area (TPSA) is 118 Å². The van der Waals surface area contributed by atoms with E-state index in [1.165, 1.54) is 25.3 Å². The van der Waals surface area contributed by atoms with Crippen molar-refractivity contribution in [3.63, 3.8) is 0 Å². The molecule has 0 spiro atoms. The number of sulfonamides is 1. The molecule has 4 aliphatic rings. The predicted octanol–water partition coefficient (Wildman–Crippen LogP) is 2.37. The summed E-state index contributed by atoms with van der Waals surface area (Å²) in [5, 5.41) is 11.1. The van der Waals surface area contributed by atoms with Crippen molar-refractivity contribution in [2.24, 2.45) is 34.2 Å². The molecular weight excluding hydrogens is 422 g/mol. The van der Waals surface area contributed by atoms with Crippen LogP contribution in [0.3, 0.4) is 0 Å². The number of thiophene rings is 1. The lowest BCUT2D eigenvalue weighted by Gasteiger charge is -2.55. The zero-order chi connectivity index (χ0) is 21.7. The van der Waals surface area contributed by atoms with Crippen molar-refractivity contribution in [3.8, 4) is 0 Å². The highest BCUT2D eigenvalue weighted by Gasteiger charge is 2.55. The summed E-state index contributed by atoms with van der Waals surface area (Å²) < 4.78 is 22.9. The molecule has 7 nitrogen and oxygen atoms in total. The van der Waals surface area contributed by atoms with Crippen LogP contribution < -0.4 is 15.8 Å². The van der Waals surface area contributed by atoms with Crippen molar-refractivity contribution in [3.05, 3.63) is 17.0 Å².